The summed E-state index contributed by atoms with van der Waals surface area (Å²) in [5, 5.41) is 4.37. The summed E-state index contributed by atoms with van der Waals surface area (Å²) in [6.45, 7) is 5.23. The first-order valence-electron chi connectivity index (χ1n) is 7.95. The quantitative estimate of drug-likeness (QED) is 0.811. The molecule has 0 unspecified atom stereocenters. The van der Waals surface area contributed by atoms with Gasteiger partial charge in [0.15, 0.2) is 0 Å². The fraction of sp³-hybridized carbons (Fsp3) is 0.529. The van der Waals surface area contributed by atoms with E-state index in [-0.39, 0.29) is 11.8 Å². The molecule has 0 aliphatic carbocycles. The third kappa shape index (κ3) is 2.79. The standard InChI is InChI=1S/C17H23N3O3/c1-11-13(10-18-19(11)3)14-6-5-9-20(14)12(2)15-7-8-16(23-15)17(21)22-4/h7-8,10,12,14H,5-6,9H2,1-4H3/t12-,14+/m1/s1. The molecule has 1 fully saturated rings. The van der Waals surface area contributed by atoms with Crippen LogP contribution < -0.4 is 0 Å². The summed E-state index contributed by atoms with van der Waals surface area (Å²) < 4.78 is 12.3. The Kier molecular flexibility index (Phi) is 4.26. The van der Waals surface area contributed by atoms with Crippen molar-refractivity contribution in [2.45, 2.75) is 38.8 Å². The summed E-state index contributed by atoms with van der Waals surface area (Å²) in [7, 11) is 3.33. The van der Waals surface area contributed by atoms with Gasteiger partial charge in [-0.3, -0.25) is 9.58 Å². The molecular weight excluding hydrogens is 294 g/mol. The summed E-state index contributed by atoms with van der Waals surface area (Å²) in [6.07, 6.45) is 4.22. The fourth-order valence-corrected chi connectivity index (χ4v) is 3.38. The first-order chi connectivity index (χ1) is 11.0. The largest absolute Gasteiger partial charge is 0.463 e. The monoisotopic (exact) mass is 317 g/mol. The van der Waals surface area contributed by atoms with Gasteiger partial charge in [0.2, 0.25) is 5.76 Å². The SMILES string of the molecule is COC(=O)c1ccc([C@@H](C)N2CCC[C@H]2c2cnn(C)c2C)o1. The number of carbonyl (C=O) groups is 1. The van der Waals surface area contributed by atoms with Crippen LogP contribution in [0.1, 0.15) is 59.4 Å². The third-order valence-electron chi connectivity index (χ3n) is 4.85. The number of nitrogens with zero attached hydrogens (tertiary/aromatic N) is 3. The van der Waals surface area contributed by atoms with E-state index in [2.05, 4.69) is 23.8 Å². The van der Waals surface area contributed by atoms with E-state index in [0.717, 1.165) is 25.1 Å². The maximum absolute atomic E-state index is 11.6. The highest BCUT2D eigenvalue weighted by atomic mass is 16.5. The van der Waals surface area contributed by atoms with E-state index in [4.69, 9.17) is 9.15 Å². The van der Waals surface area contributed by atoms with E-state index in [0.29, 0.717) is 6.04 Å². The molecule has 3 heterocycles. The second-order valence-electron chi connectivity index (χ2n) is 6.07. The highest BCUT2D eigenvalue weighted by Crippen LogP contribution is 2.39. The average Bonchev–Trinajstić information content (AvgIpc) is 3.27. The van der Waals surface area contributed by atoms with Gasteiger partial charge in [0.25, 0.3) is 0 Å². The second kappa shape index (κ2) is 6.20. The van der Waals surface area contributed by atoms with Gasteiger partial charge in [0, 0.05) is 24.3 Å². The van der Waals surface area contributed by atoms with Crippen LogP contribution in [0.15, 0.2) is 22.7 Å². The number of methoxy groups -OCH3 is 1. The highest BCUT2D eigenvalue weighted by molar-refractivity contribution is 5.86. The molecule has 1 aliphatic rings. The molecule has 0 amide bonds. The summed E-state index contributed by atoms with van der Waals surface area (Å²) >= 11 is 0. The molecule has 23 heavy (non-hydrogen) atoms. The lowest BCUT2D eigenvalue weighted by molar-refractivity contribution is 0.0558. The fourth-order valence-electron chi connectivity index (χ4n) is 3.38. The lowest BCUT2D eigenvalue weighted by Crippen LogP contribution is -2.26. The van der Waals surface area contributed by atoms with Gasteiger partial charge in [0.05, 0.1) is 19.3 Å². The second-order valence-corrected chi connectivity index (χ2v) is 6.07. The van der Waals surface area contributed by atoms with Crippen molar-refractivity contribution in [2.24, 2.45) is 7.05 Å². The Morgan fingerprint density at radius 3 is 2.91 bits per heavy atom. The Morgan fingerprint density at radius 1 is 1.48 bits per heavy atom. The van der Waals surface area contributed by atoms with Gasteiger partial charge in [-0.15, -0.1) is 0 Å². The van der Waals surface area contributed by atoms with E-state index < -0.39 is 5.97 Å². The van der Waals surface area contributed by atoms with Gasteiger partial charge in [-0.05, 0) is 45.4 Å². The zero-order chi connectivity index (χ0) is 16.6. The highest BCUT2D eigenvalue weighted by Gasteiger charge is 2.33. The molecule has 0 aromatic carbocycles. The van der Waals surface area contributed by atoms with E-state index in [1.165, 1.54) is 18.4 Å². The van der Waals surface area contributed by atoms with E-state index in [1.807, 2.05) is 24.0 Å². The van der Waals surface area contributed by atoms with Crippen LogP contribution in [0.4, 0.5) is 0 Å². The van der Waals surface area contributed by atoms with Gasteiger partial charge in [-0.2, -0.15) is 5.10 Å². The first-order valence-corrected chi connectivity index (χ1v) is 7.95. The topological polar surface area (TPSA) is 60.5 Å². The van der Waals surface area contributed by atoms with Crippen molar-refractivity contribution < 1.29 is 13.9 Å². The maximum Gasteiger partial charge on any atom is 0.373 e. The Morgan fingerprint density at radius 2 is 2.26 bits per heavy atom. The van der Waals surface area contributed by atoms with Gasteiger partial charge in [0.1, 0.15) is 5.76 Å². The number of aryl methyl sites for hydroxylation is 1. The third-order valence-corrected chi connectivity index (χ3v) is 4.85. The molecule has 124 valence electrons. The van der Waals surface area contributed by atoms with Crippen LogP contribution in [0.3, 0.4) is 0 Å². The lowest BCUT2D eigenvalue weighted by atomic mass is 10.0. The van der Waals surface area contributed by atoms with E-state index in [1.54, 1.807) is 6.07 Å². The summed E-state index contributed by atoms with van der Waals surface area (Å²) in [5.41, 5.74) is 2.47. The molecule has 0 spiro atoms. The molecular formula is C17H23N3O3. The van der Waals surface area contributed by atoms with Crippen molar-refractivity contribution >= 4 is 5.97 Å². The molecule has 0 saturated carbocycles. The molecule has 1 saturated heterocycles. The van der Waals surface area contributed by atoms with Crippen LogP contribution in [0.2, 0.25) is 0 Å². The Hall–Kier alpha value is -2.08. The van der Waals surface area contributed by atoms with Crippen LogP contribution in [0.5, 0.6) is 0 Å². The normalized spacial score (nSPS) is 19.9. The van der Waals surface area contributed by atoms with Crippen molar-refractivity contribution in [2.75, 3.05) is 13.7 Å². The van der Waals surface area contributed by atoms with Gasteiger partial charge < -0.3 is 9.15 Å². The van der Waals surface area contributed by atoms with Crippen molar-refractivity contribution in [1.82, 2.24) is 14.7 Å². The zero-order valence-electron chi connectivity index (χ0n) is 14.1. The molecule has 2 atom stereocenters. The number of hydrogen-bond acceptors (Lipinski definition) is 5. The summed E-state index contributed by atoms with van der Waals surface area (Å²) in [6, 6.07) is 3.98. The molecule has 0 N–H and O–H groups in total. The molecule has 3 rings (SSSR count). The molecule has 6 heteroatoms. The smallest absolute Gasteiger partial charge is 0.373 e. The Bertz CT molecular complexity index is 704. The molecule has 6 nitrogen and oxygen atoms in total. The summed E-state index contributed by atoms with van der Waals surface area (Å²) in [4.78, 5) is 14.0. The van der Waals surface area contributed by atoms with Crippen molar-refractivity contribution in [1.29, 1.82) is 0 Å². The molecule has 0 bridgehead atoms. The molecule has 2 aromatic rings. The Labute approximate surface area is 136 Å². The van der Waals surface area contributed by atoms with E-state index in [9.17, 15) is 4.79 Å². The number of esters is 1. The van der Waals surface area contributed by atoms with Crippen LogP contribution in [0, 0.1) is 6.92 Å². The minimum atomic E-state index is -0.440. The average molecular weight is 317 g/mol. The minimum Gasteiger partial charge on any atom is -0.463 e. The number of rotatable bonds is 4. The number of carbonyl (C=O) groups excluding carboxylic acids is 1. The number of furan rings is 1. The lowest BCUT2D eigenvalue weighted by Gasteiger charge is -2.29. The predicted octanol–water partition coefficient (Wildman–Crippen LogP) is 3.01. The van der Waals surface area contributed by atoms with Crippen molar-refractivity contribution in [3.8, 4) is 0 Å². The van der Waals surface area contributed by atoms with Gasteiger partial charge >= 0.3 is 5.97 Å². The first kappa shape index (κ1) is 15.8. The van der Waals surface area contributed by atoms with Crippen molar-refractivity contribution in [3.63, 3.8) is 0 Å². The molecule has 1 aliphatic heterocycles. The van der Waals surface area contributed by atoms with Crippen molar-refractivity contribution in [3.05, 3.63) is 41.1 Å². The maximum atomic E-state index is 11.6. The molecule has 2 aromatic heterocycles. The summed E-state index contributed by atoms with van der Waals surface area (Å²) in [5.74, 6) is 0.603. The number of likely N-dealkylation sites (tertiary alicyclic amines) is 1. The van der Waals surface area contributed by atoms with Gasteiger partial charge in [-0.25, -0.2) is 4.79 Å². The minimum absolute atomic E-state index is 0.0977. The van der Waals surface area contributed by atoms with Crippen LogP contribution in [0.25, 0.3) is 0 Å². The number of aromatic nitrogens is 2. The van der Waals surface area contributed by atoms with Gasteiger partial charge in [-0.1, -0.05) is 0 Å². The number of hydrogen-bond donors (Lipinski definition) is 0. The predicted molar refractivity (Wildman–Crippen MR) is 85.1 cm³/mol. The number of ether oxygens (including phenoxy) is 1. The van der Waals surface area contributed by atoms with Crippen LogP contribution >= 0.6 is 0 Å². The Balaban J connectivity index is 1.83. The van der Waals surface area contributed by atoms with Crippen LogP contribution in [-0.4, -0.2) is 34.3 Å². The van der Waals surface area contributed by atoms with Crippen LogP contribution in [-0.2, 0) is 11.8 Å². The van der Waals surface area contributed by atoms with E-state index >= 15 is 0 Å². The zero-order valence-corrected chi connectivity index (χ0v) is 14.1. The molecule has 0 radical (unpaired) electrons.